The Bertz CT molecular complexity index is 824. The van der Waals surface area contributed by atoms with E-state index in [9.17, 15) is 30.0 Å². The van der Waals surface area contributed by atoms with Crippen LogP contribution in [0.2, 0.25) is 0 Å². The standard InChI is InChI=1S/C21H26N2O7/c24-16-7-3-1-5-14(16)9-21(23-13-20(29)30,18(26)11-22-12-19(27)28)10-15-6-2-4-8-17(15)25/h1-8,18,22-26H,9-13H2,(H,27,28)(H,29,30). The number of aliphatic hydroxyl groups is 1. The molecule has 0 radical (unpaired) electrons. The maximum absolute atomic E-state index is 11.3. The Morgan fingerprint density at radius 2 is 1.30 bits per heavy atom. The second kappa shape index (κ2) is 10.6. The third-order valence-corrected chi connectivity index (χ3v) is 4.84. The number of aliphatic carboxylic acids is 2. The van der Waals surface area contributed by atoms with Gasteiger partial charge in [-0.2, -0.15) is 0 Å². The molecule has 9 nitrogen and oxygen atoms in total. The smallest absolute Gasteiger partial charge is 0.317 e. The van der Waals surface area contributed by atoms with Crippen LogP contribution in [0.5, 0.6) is 11.5 Å². The number of carboxylic acid groups (broad SMARTS) is 2. The van der Waals surface area contributed by atoms with Gasteiger partial charge in [-0.05, 0) is 36.1 Å². The lowest BCUT2D eigenvalue weighted by Gasteiger charge is -2.39. The number of para-hydroxylation sites is 2. The molecule has 0 heterocycles. The number of nitrogens with one attached hydrogen (secondary N) is 2. The molecule has 0 spiro atoms. The number of rotatable bonds is 12. The number of phenolic OH excluding ortho intramolecular Hbond substituents is 2. The Balaban J connectivity index is 2.44. The number of carboxylic acids is 2. The number of carbonyl (C=O) groups is 2. The van der Waals surface area contributed by atoms with E-state index >= 15 is 0 Å². The molecule has 9 heteroatoms. The van der Waals surface area contributed by atoms with Crippen LogP contribution < -0.4 is 10.6 Å². The fourth-order valence-corrected chi connectivity index (χ4v) is 3.30. The molecule has 0 saturated carbocycles. The molecule has 30 heavy (non-hydrogen) atoms. The summed E-state index contributed by atoms with van der Waals surface area (Å²) in [6.07, 6.45) is -1.20. The van der Waals surface area contributed by atoms with Crippen molar-refractivity contribution in [2.75, 3.05) is 19.6 Å². The van der Waals surface area contributed by atoms with Crippen molar-refractivity contribution in [3.8, 4) is 11.5 Å². The Morgan fingerprint density at radius 1 is 0.833 bits per heavy atom. The zero-order valence-corrected chi connectivity index (χ0v) is 16.3. The molecule has 1 unspecified atom stereocenters. The van der Waals surface area contributed by atoms with Crippen LogP contribution in [0.4, 0.5) is 0 Å². The minimum Gasteiger partial charge on any atom is -0.508 e. The lowest BCUT2D eigenvalue weighted by Crippen LogP contribution is -2.61. The summed E-state index contributed by atoms with van der Waals surface area (Å²) < 4.78 is 0. The molecule has 0 bridgehead atoms. The highest BCUT2D eigenvalue weighted by Crippen LogP contribution is 2.30. The number of hydrogen-bond acceptors (Lipinski definition) is 7. The molecular formula is C21H26N2O7. The summed E-state index contributed by atoms with van der Waals surface area (Å²) >= 11 is 0. The van der Waals surface area contributed by atoms with Crippen molar-refractivity contribution in [1.82, 2.24) is 10.6 Å². The first-order valence-corrected chi connectivity index (χ1v) is 9.34. The summed E-state index contributed by atoms with van der Waals surface area (Å²) in [6, 6.07) is 12.9. The summed E-state index contributed by atoms with van der Waals surface area (Å²) in [6.45, 7) is -1.03. The first-order chi connectivity index (χ1) is 14.2. The van der Waals surface area contributed by atoms with Gasteiger partial charge in [-0.3, -0.25) is 14.9 Å². The lowest BCUT2D eigenvalue weighted by atomic mass is 9.79. The van der Waals surface area contributed by atoms with E-state index < -0.39 is 30.1 Å². The van der Waals surface area contributed by atoms with E-state index in [4.69, 9.17) is 5.11 Å². The number of aliphatic hydroxyl groups excluding tert-OH is 1. The largest absolute Gasteiger partial charge is 0.508 e. The molecule has 0 aliphatic heterocycles. The predicted molar refractivity (Wildman–Crippen MR) is 109 cm³/mol. The molecular weight excluding hydrogens is 392 g/mol. The zero-order valence-electron chi connectivity index (χ0n) is 16.3. The van der Waals surface area contributed by atoms with Gasteiger partial charge in [-0.1, -0.05) is 36.4 Å². The van der Waals surface area contributed by atoms with Gasteiger partial charge in [0.2, 0.25) is 0 Å². The number of hydrogen-bond donors (Lipinski definition) is 7. The van der Waals surface area contributed by atoms with Crippen LogP contribution in [-0.4, -0.2) is 68.7 Å². The molecule has 7 N–H and O–H groups in total. The minimum atomic E-state index is -1.33. The maximum Gasteiger partial charge on any atom is 0.317 e. The first-order valence-electron chi connectivity index (χ1n) is 9.34. The van der Waals surface area contributed by atoms with Gasteiger partial charge < -0.3 is 30.8 Å². The van der Waals surface area contributed by atoms with Gasteiger partial charge in [0.1, 0.15) is 11.5 Å². The molecule has 0 fully saturated rings. The van der Waals surface area contributed by atoms with Crippen molar-refractivity contribution in [2.24, 2.45) is 0 Å². The third kappa shape index (κ3) is 6.45. The maximum atomic E-state index is 11.3. The highest BCUT2D eigenvalue weighted by Gasteiger charge is 2.39. The average Bonchev–Trinajstić information content (AvgIpc) is 2.69. The normalized spacial score (nSPS) is 12.4. The number of aromatic hydroxyl groups is 2. The van der Waals surface area contributed by atoms with Crippen molar-refractivity contribution in [1.29, 1.82) is 0 Å². The third-order valence-electron chi connectivity index (χ3n) is 4.84. The van der Waals surface area contributed by atoms with Crippen molar-refractivity contribution >= 4 is 11.9 Å². The lowest BCUT2D eigenvalue weighted by molar-refractivity contribution is -0.137. The van der Waals surface area contributed by atoms with E-state index in [0.29, 0.717) is 11.1 Å². The van der Waals surface area contributed by atoms with E-state index in [1.807, 2.05) is 0 Å². The van der Waals surface area contributed by atoms with E-state index in [0.717, 1.165) is 0 Å². The topological polar surface area (TPSA) is 159 Å². The van der Waals surface area contributed by atoms with Crippen LogP contribution in [-0.2, 0) is 22.4 Å². The molecule has 0 saturated heterocycles. The van der Waals surface area contributed by atoms with Crippen LogP contribution in [0.15, 0.2) is 48.5 Å². The van der Waals surface area contributed by atoms with Crippen molar-refractivity contribution in [2.45, 2.75) is 24.5 Å². The van der Waals surface area contributed by atoms with Gasteiger partial charge in [0, 0.05) is 6.54 Å². The molecule has 1 atom stereocenters. The summed E-state index contributed by atoms with van der Waals surface area (Å²) in [5, 5.41) is 55.0. The van der Waals surface area contributed by atoms with Crippen molar-refractivity contribution in [3.63, 3.8) is 0 Å². The molecule has 2 aromatic carbocycles. The molecule has 2 aromatic rings. The van der Waals surface area contributed by atoms with Crippen LogP contribution >= 0.6 is 0 Å². The molecule has 2 rings (SSSR count). The highest BCUT2D eigenvalue weighted by atomic mass is 16.4. The summed E-state index contributed by atoms with van der Waals surface area (Å²) in [5.74, 6) is -2.31. The summed E-state index contributed by atoms with van der Waals surface area (Å²) in [4.78, 5) is 22.1. The van der Waals surface area contributed by atoms with Gasteiger partial charge in [-0.15, -0.1) is 0 Å². The van der Waals surface area contributed by atoms with Gasteiger partial charge in [-0.25, -0.2) is 0 Å². The van der Waals surface area contributed by atoms with Gasteiger partial charge in [0.25, 0.3) is 0 Å². The van der Waals surface area contributed by atoms with Crippen LogP contribution in [0.25, 0.3) is 0 Å². The fourth-order valence-electron chi connectivity index (χ4n) is 3.30. The van der Waals surface area contributed by atoms with Crippen molar-refractivity contribution in [3.05, 3.63) is 59.7 Å². The fraction of sp³-hybridized carbons (Fsp3) is 0.333. The summed E-state index contributed by atoms with van der Waals surface area (Å²) in [5.41, 5.74) is -0.409. The minimum absolute atomic E-state index is 0.0250. The van der Waals surface area contributed by atoms with E-state index in [1.165, 1.54) is 12.1 Å². The Hall–Kier alpha value is -3.14. The number of phenols is 2. The van der Waals surface area contributed by atoms with Crippen molar-refractivity contribution < 1.29 is 35.1 Å². The molecule has 0 aromatic heterocycles. The first kappa shape index (κ1) is 23.1. The molecule has 0 amide bonds. The van der Waals surface area contributed by atoms with Crippen LogP contribution in [0.1, 0.15) is 11.1 Å². The summed E-state index contributed by atoms with van der Waals surface area (Å²) in [7, 11) is 0. The quantitative estimate of drug-likeness (QED) is 0.258. The average molecular weight is 418 g/mol. The molecule has 0 aliphatic carbocycles. The molecule has 0 aliphatic rings. The monoisotopic (exact) mass is 418 g/mol. The Morgan fingerprint density at radius 3 is 1.73 bits per heavy atom. The highest BCUT2D eigenvalue weighted by molar-refractivity contribution is 5.69. The second-order valence-electron chi connectivity index (χ2n) is 7.05. The SMILES string of the molecule is O=C(O)CNCC(O)C(Cc1ccccc1O)(Cc1ccccc1O)NCC(=O)O. The van der Waals surface area contributed by atoms with E-state index in [2.05, 4.69) is 10.6 Å². The Labute approximate surface area is 173 Å². The van der Waals surface area contributed by atoms with Crippen LogP contribution in [0.3, 0.4) is 0 Å². The zero-order chi connectivity index (χ0) is 22.1. The van der Waals surface area contributed by atoms with Gasteiger partial charge in [0.05, 0.1) is 24.7 Å². The van der Waals surface area contributed by atoms with Gasteiger partial charge in [0.15, 0.2) is 0 Å². The second-order valence-corrected chi connectivity index (χ2v) is 7.05. The predicted octanol–water partition coefficient (Wildman–Crippen LogP) is 0.331. The van der Waals surface area contributed by atoms with E-state index in [-0.39, 0.29) is 37.4 Å². The molecule has 162 valence electrons. The Kier molecular flexibility index (Phi) is 8.16. The van der Waals surface area contributed by atoms with Crippen LogP contribution in [0, 0.1) is 0 Å². The van der Waals surface area contributed by atoms with E-state index in [1.54, 1.807) is 36.4 Å². The van der Waals surface area contributed by atoms with Gasteiger partial charge >= 0.3 is 11.9 Å². The number of benzene rings is 2.